The Morgan fingerprint density at radius 1 is 1.36 bits per heavy atom. The van der Waals surface area contributed by atoms with Crippen LogP contribution in [-0.4, -0.2) is 48.4 Å². The summed E-state index contributed by atoms with van der Waals surface area (Å²) in [6.07, 6.45) is 5.19. The third-order valence-corrected chi connectivity index (χ3v) is 3.59. The molecule has 0 fully saturated rings. The van der Waals surface area contributed by atoms with Crippen LogP contribution in [-0.2, 0) is 11.3 Å². The minimum Gasteiger partial charge on any atom is -0.389 e. The number of aliphatic hydroxyl groups is 1. The van der Waals surface area contributed by atoms with E-state index in [1.807, 2.05) is 30.3 Å². The standard InChI is InChI=1S/C17H24N2O3/c1-19(17(21)18-15-9-5-6-10-15)11-16(20)13-22-12-14-7-3-2-4-8-14/h2-8,15-16,20H,9-13H2,1H3,(H,18,21). The van der Waals surface area contributed by atoms with Crippen LogP contribution in [0.25, 0.3) is 0 Å². The fraction of sp³-hybridized carbons (Fsp3) is 0.471. The highest BCUT2D eigenvalue weighted by Crippen LogP contribution is 2.09. The van der Waals surface area contributed by atoms with E-state index in [1.165, 1.54) is 4.90 Å². The zero-order valence-electron chi connectivity index (χ0n) is 12.9. The number of aliphatic hydroxyl groups excluding tert-OH is 1. The molecule has 5 nitrogen and oxygen atoms in total. The fourth-order valence-electron chi connectivity index (χ4n) is 2.36. The smallest absolute Gasteiger partial charge is 0.317 e. The number of amides is 2. The number of hydrogen-bond acceptors (Lipinski definition) is 3. The van der Waals surface area contributed by atoms with Crippen molar-refractivity contribution < 1.29 is 14.6 Å². The number of ether oxygens (including phenoxy) is 1. The Balaban J connectivity index is 1.63. The summed E-state index contributed by atoms with van der Waals surface area (Å²) in [7, 11) is 1.68. The average Bonchev–Trinajstić information content (AvgIpc) is 3.01. The highest BCUT2D eigenvalue weighted by Gasteiger charge is 2.18. The lowest BCUT2D eigenvalue weighted by Gasteiger charge is -2.23. The normalized spacial score (nSPS) is 15.7. The van der Waals surface area contributed by atoms with Gasteiger partial charge >= 0.3 is 6.03 Å². The van der Waals surface area contributed by atoms with E-state index in [0.29, 0.717) is 6.61 Å². The molecule has 1 aromatic rings. The molecule has 0 aliphatic heterocycles. The van der Waals surface area contributed by atoms with E-state index < -0.39 is 6.10 Å². The molecule has 1 aliphatic rings. The molecule has 0 saturated heterocycles. The van der Waals surface area contributed by atoms with Crippen molar-refractivity contribution in [3.05, 3.63) is 48.0 Å². The molecule has 0 radical (unpaired) electrons. The minimum absolute atomic E-state index is 0.157. The van der Waals surface area contributed by atoms with Crippen molar-refractivity contribution in [1.29, 1.82) is 0 Å². The number of benzene rings is 1. The zero-order chi connectivity index (χ0) is 15.8. The molecule has 2 amide bonds. The molecule has 1 aliphatic carbocycles. The van der Waals surface area contributed by atoms with E-state index in [2.05, 4.69) is 17.5 Å². The van der Waals surface area contributed by atoms with Crippen LogP contribution in [0.2, 0.25) is 0 Å². The maximum Gasteiger partial charge on any atom is 0.317 e. The van der Waals surface area contributed by atoms with Crippen molar-refractivity contribution >= 4 is 6.03 Å². The van der Waals surface area contributed by atoms with Crippen molar-refractivity contribution in [2.75, 3.05) is 20.2 Å². The predicted molar refractivity (Wildman–Crippen MR) is 85.4 cm³/mol. The number of urea groups is 1. The summed E-state index contributed by atoms with van der Waals surface area (Å²) in [5, 5.41) is 12.9. The largest absolute Gasteiger partial charge is 0.389 e. The van der Waals surface area contributed by atoms with Gasteiger partial charge in [0.2, 0.25) is 0 Å². The van der Waals surface area contributed by atoms with Gasteiger partial charge in [-0.2, -0.15) is 0 Å². The van der Waals surface area contributed by atoms with E-state index in [0.717, 1.165) is 18.4 Å². The first-order valence-corrected chi connectivity index (χ1v) is 7.61. The van der Waals surface area contributed by atoms with Crippen LogP contribution in [0.5, 0.6) is 0 Å². The number of likely N-dealkylation sites (N-methyl/N-ethyl adjacent to an activating group) is 1. The van der Waals surface area contributed by atoms with Crippen LogP contribution in [0.1, 0.15) is 18.4 Å². The molecule has 22 heavy (non-hydrogen) atoms. The summed E-state index contributed by atoms with van der Waals surface area (Å²) in [4.78, 5) is 13.5. The van der Waals surface area contributed by atoms with Crippen molar-refractivity contribution in [3.63, 3.8) is 0 Å². The predicted octanol–water partition coefficient (Wildman–Crippen LogP) is 1.92. The molecule has 0 saturated carbocycles. The fourth-order valence-corrected chi connectivity index (χ4v) is 2.36. The molecule has 0 spiro atoms. The Kier molecular flexibility index (Phi) is 6.43. The van der Waals surface area contributed by atoms with E-state index in [1.54, 1.807) is 7.05 Å². The van der Waals surface area contributed by atoms with Gasteiger partial charge in [0.05, 0.1) is 25.9 Å². The van der Waals surface area contributed by atoms with Crippen LogP contribution in [0.4, 0.5) is 4.79 Å². The summed E-state index contributed by atoms with van der Waals surface area (Å²) in [5.41, 5.74) is 1.06. The van der Waals surface area contributed by atoms with E-state index in [4.69, 9.17) is 4.74 Å². The van der Waals surface area contributed by atoms with Crippen LogP contribution in [0.15, 0.2) is 42.5 Å². The van der Waals surface area contributed by atoms with Crippen molar-refractivity contribution in [1.82, 2.24) is 10.2 Å². The van der Waals surface area contributed by atoms with Gasteiger partial charge in [-0.15, -0.1) is 0 Å². The second-order valence-electron chi connectivity index (χ2n) is 5.62. The van der Waals surface area contributed by atoms with Gasteiger partial charge in [-0.3, -0.25) is 0 Å². The number of hydrogen-bond donors (Lipinski definition) is 2. The minimum atomic E-state index is -0.693. The maximum atomic E-state index is 12.0. The Labute approximate surface area is 131 Å². The average molecular weight is 304 g/mol. The van der Waals surface area contributed by atoms with Gasteiger partial charge in [0.1, 0.15) is 0 Å². The maximum absolute atomic E-state index is 12.0. The summed E-state index contributed by atoms with van der Waals surface area (Å²) in [6.45, 7) is 0.916. The van der Waals surface area contributed by atoms with Gasteiger partial charge in [0.25, 0.3) is 0 Å². The van der Waals surface area contributed by atoms with Crippen LogP contribution in [0, 0.1) is 0 Å². The molecular formula is C17H24N2O3. The summed E-state index contributed by atoms with van der Waals surface area (Å²) in [6, 6.07) is 9.82. The molecule has 1 unspecified atom stereocenters. The third-order valence-electron chi connectivity index (χ3n) is 3.59. The molecule has 2 N–H and O–H groups in total. The monoisotopic (exact) mass is 304 g/mol. The molecule has 0 heterocycles. The third kappa shape index (κ3) is 5.50. The summed E-state index contributed by atoms with van der Waals surface area (Å²) < 4.78 is 5.48. The summed E-state index contributed by atoms with van der Waals surface area (Å²) >= 11 is 0. The molecule has 0 bridgehead atoms. The highest BCUT2D eigenvalue weighted by atomic mass is 16.5. The Bertz CT molecular complexity index is 482. The second-order valence-corrected chi connectivity index (χ2v) is 5.62. The molecule has 0 aromatic heterocycles. The first kappa shape index (κ1) is 16.5. The second kappa shape index (κ2) is 8.56. The van der Waals surface area contributed by atoms with Gasteiger partial charge < -0.3 is 20.1 Å². The van der Waals surface area contributed by atoms with Gasteiger partial charge in [0, 0.05) is 13.1 Å². The zero-order valence-corrected chi connectivity index (χ0v) is 12.9. The number of carbonyl (C=O) groups excluding carboxylic acids is 1. The van der Waals surface area contributed by atoms with Crippen molar-refractivity contribution in [2.45, 2.75) is 31.6 Å². The lowest BCUT2D eigenvalue weighted by molar-refractivity contribution is 0.0180. The molecular weight excluding hydrogens is 280 g/mol. The van der Waals surface area contributed by atoms with E-state index in [9.17, 15) is 9.90 Å². The van der Waals surface area contributed by atoms with Gasteiger partial charge in [-0.1, -0.05) is 42.5 Å². The van der Waals surface area contributed by atoms with Gasteiger partial charge in [-0.25, -0.2) is 4.79 Å². The number of rotatable bonds is 7. The van der Waals surface area contributed by atoms with E-state index >= 15 is 0 Å². The topological polar surface area (TPSA) is 61.8 Å². The van der Waals surface area contributed by atoms with Crippen molar-refractivity contribution in [2.24, 2.45) is 0 Å². The number of nitrogens with one attached hydrogen (secondary N) is 1. The molecule has 120 valence electrons. The Morgan fingerprint density at radius 2 is 2.05 bits per heavy atom. The molecule has 1 aromatic carbocycles. The summed E-state index contributed by atoms with van der Waals surface area (Å²) in [5.74, 6) is 0. The first-order valence-electron chi connectivity index (χ1n) is 7.61. The SMILES string of the molecule is CN(CC(O)COCc1ccccc1)C(=O)NC1CC=CC1. The van der Waals surface area contributed by atoms with Crippen LogP contribution in [0.3, 0.4) is 0 Å². The molecule has 5 heteroatoms. The Hall–Kier alpha value is -1.85. The number of carbonyl (C=O) groups is 1. The lowest BCUT2D eigenvalue weighted by Crippen LogP contribution is -2.45. The molecule has 2 rings (SSSR count). The van der Waals surface area contributed by atoms with Crippen LogP contribution < -0.4 is 5.32 Å². The van der Waals surface area contributed by atoms with Crippen LogP contribution >= 0.6 is 0 Å². The Morgan fingerprint density at radius 3 is 2.73 bits per heavy atom. The lowest BCUT2D eigenvalue weighted by atomic mass is 10.2. The van der Waals surface area contributed by atoms with Gasteiger partial charge in [0.15, 0.2) is 0 Å². The van der Waals surface area contributed by atoms with Gasteiger partial charge in [-0.05, 0) is 18.4 Å². The quantitative estimate of drug-likeness (QED) is 0.757. The van der Waals surface area contributed by atoms with E-state index in [-0.39, 0.29) is 25.2 Å². The highest BCUT2D eigenvalue weighted by molar-refractivity contribution is 5.74. The molecule has 1 atom stereocenters. The number of nitrogens with zero attached hydrogens (tertiary/aromatic N) is 1. The van der Waals surface area contributed by atoms with Crippen molar-refractivity contribution in [3.8, 4) is 0 Å². The first-order chi connectivity index (χ1) is 10.6.